The Kier molecular flexibility index (Phi) is 3.25. The second-order valence-corrected chi connectivity index (χ2v) is 2.76. The monoisotopic (exact) mass is 187 g/mol. The summed E-state index contributed by atoms with van der Waals surface area (Å²) in [5.41, 5.74) is 0. The Morgan fingerprint density at radius 3 is 2.85 bits per heavy atom. The van der Waals surface area contributed by atoms with Crippen molar-refractivity contribution in [2.24, 2.45) is 0 Å². The van der Waals surface area contributed by atoms with Crippen molar-refractivity contribution in [2.75, 3.05) is 20.4 Å². The standard InChI is InChI=1S/C8H13NO4/c1-3-7(10)9-5-13-4-6(9)8(11)12-2/h6H,3-5H2,1-2H3. The van der Waals surface area contributed by atoms with Crippen molar-refractivity contribution in [1.82, 2.24) is 4.90 Å². The van der Waals surface area contributed by atoms with E-state index in [4.69, 9.17) is 4.74 Å². The second-order valence-electron chi connectivity index (χ2n) is 2.76. The van der Waals surface area contributed by atoms with E-state index in [9.17, 15) is 9.59 Å². The van der Waals surface area contributed by atoms with E-state index in [1.54, 1.807) is 6.92 Å². The van der Waals surface area contributed by atoms with E-state index < -0.39 is 12.0 Å². The van der Waals surface area contributed by atoms with Crippen LogP contribution in [-0.2, 0) is 19.1 Å². The second kappa shape index (κ2) is 4.23. The van der Waals surface area contributed by atoms with Crippen molar-refractivity contribution in [3.8, 4) is 0 Å². The average Bonchev–Trinajstić information content (AvgIpc) is 2.63. The third kappa shape index (κ3) is 1.98. The van der Waals surface area contributed by atoms with E-state index in [1.165, 1.54) is 12.0 Å². The van der Waals surface area contributed by atoms with Gasteiger partial charge in [0.2, 0.25) is 5.91 Å². The highest BCUT2D eigenvalue weighted by Gasteiger charge is 2.34. The highest BCUT2D eigenvalue weighted by atomic mass is 16.5. The Morgan fingerprint density at radius 1 is 1.62 bits per heavy atom. The highest BCUT2D eigenvalue weighted by Crippen LogP contribution is 2.12. The molecule has 0 aromatic rings. The molecular formula is C8H13NO4. The van der Waals surface area contributed by atoms with Crippen LogP contribution in [0.15, 0.2) is 0 Å². The van der Waals surface area contributed by atoms with E-state index in [2.05, 4.69) is 4.74 Å². The van der Waals surface area contributed by atoms with Crippen molar-refractivity contribution in [2.45, 2.75) is 19.4 Å². The molecule has 1 rings (SSSR count). The number of ether oxygens (including phenoxy) is 2. The summed E-state index contributed by atoms with van der Waals surface area (Å²) in [5.74, 6) is -0.507. The van der Waals surface area contributed by atoms with Crippen molar-refractivity contribution in [3.63, 3.8) is 0 Å². The third-order valence-electron chi connectivity index (χ3n) is 1.98. The van der Waals surface area contributed by atoms with Crippen LogP contribution in [0, 0.1) is 0 Å². The Morgan fingerprint density at radius 2 is 2.31 bits per heavy atom. The van der Waals surface area contributed by atoms with Crippen LogP contribution in [0.5, 0.6) is 0 Å². The molecule has 0 N–H and O–H groups in total. The summed E-state index contributed by atoms with van der Waals surface area (Å²) in [6, 6.07) is -0.558. The molecule has 1 fully saturated rings. The van der Waals surface area contributed by atoms with Gasteiger partial charge in [-0.05, 0) is 0 Å². The fourth-order valence-corrected chi connectivity index (χ4v) is 1.22. The van der Waals surface area contributed by atoms with Gasteiger partial charge in [0.25, 0.3) is 0 Å². The van der Waals surface area contributed by atoms with E-state index in [0.29, 0.717) is 6.42 Å². The molecule has 0 aliphatic carbocycles. The predicted molar refractivity (Wildman–Crippen MR) is 43.8 cm³/mol. The summed E-state index contributed by atoms with van der Waals surface area (Å²) in [7, 11) is 1.30. The summed E-state index contributed by atoms with van der Waals surface area (Å²) in [6.45, 7) is 2.17. The van der Waals surface area contributed by atoms with Crippen molar-refractivity contribution >= 4 is 11.9 Å². The molecule has 74 valence electrons. The van der Waals surface area contributed by atoms with Crippen molar-refractivity contribution in [1.29, 1.82) is 0 Å². The van der Waals surface area contributed by atoms with Crippen molar-refractivity contribution in [3.05, 3.63) is 0 Å². The summed E-state index contributed by atoms with van der Waals surface area (Å²) in [5, 5.41) is 0. The third-order valence-corrected chi connectivity index (χ3v) is 1.98. The maximum absolute atomic E-state index is 11.3. The molecule has 5 heteroatoms. The van der Waals surface area contributed by atoms with E-state index >= 15 is 0 Å². The zero-order valence-electron chi connectivity index (χ0n) is 7.78. The van der Waals surface area contributed by atoms with Gasteiger partial charge in [0.15, 0.2) is 6.04 Å². The van der Waals surface area contributed by atoms with E-state index in [0.717, 1.165) is 0 Å². The molecule has 13 heavy (non-hydrogen) atoms. The minimum atomic E-state index is -0.558. The molecule has 1 saturated heterocycles. The summed E-state index contributed by atoms with van der Waals surface area (Å²) < 4.78 is 9.57. The molecule has 5 nitrogen and oxygen atoms in total. The molecule has 1 atom stereocenters. The van der Waals surface area contributed by atoms with Crippen LogP contribution in [0.3, 0.4) is 0 Å². The Labute approximate surface area is 76.6 Å². The topological polar surface area (TPSA) is 55.8 Å². The fraction of sp³-hybridized carbons (Fsp3) is 0.750. The quantitative estimate of drug-likeness (QED) is 0.559. The number of methoxy groups -OCH3 is 1. The molecule has 1 unspecified atom stereocenters. The maximum atomic E-state index is 11.3. The largest absolute Gasteiger partial charge is 0.467 e. The van der Waals surface area contributed by atoms with Gasteiger partial charge < -0.3 is 14.4 Å². The number of carbonyl (C=O) groups is 2. The van der Waals surface area contributed by atoms with Crippen LogP contribution in [0.4, 0.5) is 0 Å². The van der Waals surface area contributed by atoms with Gasteiger partial charge in [-0.2, -0.15) is 0 Å². The number of amides is 1. The highest BCUT2D eigenvalue weighted by molar-refractivity contribution is 5.84. The van der Waals surface area contributed by atoms with Gasteiger partial charge in [-0.25, -0.2) is 4.79 Å². The molecule has 1 amide bonds. The molecule has 1 aliphatic rings. The van der Waals surface area contributed by atoms with E-state index in [-0.39, 0.29) is 19.2 Å². The molecule has 1 aliphatic heterocycles. The molecule has 0 aromatic heterocycles. The number of esters is 1. The molecule has 0 aromatic carbocycles. The van der Waals surface area contributed by atoms with Crippen LogP contribution in [0.25, 0.3) is 0 Å². The summed E-state index contributed by atoms with van der Waals surface area (Å²) in [6.07, 6.45) is 0.372. The zero-order valence-corrected chi connectivity index (χ0v) is 7.78. The first-order valence-corrected chi connectivity index (χ1v) is 4.15. The summed E-state index contributed by atoms with van der Waals surface area (Å²) >= 11 is 0. The van der Waals surface area contributed by atoms with Crippen LogP contribution in [-0.4, -0.2) is 43.3 Å². The van der Waals surface area contributed by atoms with E-state index in [1.807, 2.05) is 0 Å². The molecule has 0 bridgehead atoms. The number of carbonyl (C=O) groups excluding carboxylic acids is 2. The first-order chi connectivity index (χ1) is 6.20. The van der Waals surface area contributed by atoms with Crippen LogP contribution < -0.4 is 0 Å². The minimum Gasteiger partial charge on any atom is -0.467 e. The van der Waals surface area contributed by atoms with Gasteiger partial charge in [0.05, 0.1) is 13.7 Å². The number of hydrogen-bond donors (Lipinski definition) is 0. The number of rotatable bonds is 2. The van der Waals surface area contributed by atoms with Crippen LogP contribution in [0.1, 0.15) is 13.3 Å². The van der Waals surface area contributed by atoms with Gasteiger partial charge in [-0.1, -0.05) is 6.92 Å². The lowest BCUT2D eigenvalue weighted by Gasteiger charge is -2.19. The molecular weight excluding hydrogens is 174 g/mol. The van der Waals surface area contributed by atoms with Gasteiger partial charge >= 0.3 is 5.97 Å². The van der Waals surface area contributed by atoms with Gasteiger partial charge in [-0.3, -0.25) is 4.79 Å². The average molecular weight is 187 g/mol. The summed E-state index contributed by atoms with van der Waals surface area (Å²) in [4.78, 5) is 23.8. The molecule has 0 radical (unpaired) electrons. The Hall–Kier alpha value is -1.10. The molecule has 0 spiro atoms. The zero-order chi connectivity index (χ0) is 9.84. The van der Waals surface area contributed by atoms with Gasteiger partial charge in [-0.15, -0.1) is 0 Å². The maximum Gasteiger partial charge on any atom is 0.331 e. The lowest BCUT2D eigenvalue weighted by atomic mass is 10.3. The van der Waals surface area contributed by atoms with Gasteiger partial charge in [0, 0.05) is 6.42 Å². The van der Waals surface area contributed by atoms with Crippen LogP contribution in [0.2, 0.25) is 0 Å². The van der Waals surface area contributed by atoms with Crippen molar-refractivity contribution < 1.29 is 19.1 Å². The van der Waals surface area contributed by atoms with Crippen LogP contribution >= 0.6 is 0 Å². The Balaban J connectivity index is 2.63. The molecule has 1 heterocycles. The smallest absolute Gasteiger partial charge is 0.331 e. The minimum absolute atomic E-state index is 0.0899. The Bertz CT molecular complexity index is 194. The SMILES string of the molecule is CCC(=O)N1COCC1C(=O)OC. The van der Waals surface area contributed by atoms with Gasteiger partial charge in [0.1, 0.15) is 6.73 Å². The fourth-order valence-electron chi connectivity index (χ4n) is 1.22. The lowest BCUT2D eigenvalue weighted by Crippen LogP contribution is -2.42. The normalized spacial score (nSPS) is 21.7. The first-order valence-electron chi connectivity index (χ1n) is 4.15. The number of hydrogen-bond acceptors (Lipinski definition) is 4. The number of nitrogens with zero attached hydrogens (tertiary/aromatic N) is 1. The lowest BCUT2D eigenvalue weighted by molar-refractivity contribution is -0.150. The predicted octanol–water partition coefficient (Wildman–Crippen LogP) is -0.246. The first kappa shape index (κ1) is 9.98. The molecule has 0 saturated carbocycles.